The lowest BCUT2D eigenvalue weighted by atomic mass is 10.3. The number of nitrogens with one attached hydrogen (secondary N) is 2. The Balaban J connectivity index is 1.37. The quantitative estimate of drug-likeness (QED) is 0.858. The predicted molar refractivity (Wildman–Crippen MR) is 94.5 cm³/mol. The van der Waals surface area contributed by atoms with E-state index in [2.05, 4.69) is 48.6 Å². The average Bonchev–Trinajstić information content (AvgIpc) is 2.98. The molecule has 0 spiro atoms. The van der Waals surface area contributed by atoms with Crippen molar-refractivity contribution in [2.24, 2.45) is 4.99 Å². The summed E-state index contributed by atoms with van der Waals surface area (Å²) in [5.74, 6) is 0.800. The molecule has 2 aliphatic heterocycles. The van der Waals surface area contributed by atoms with Gasteiger partial charge in [0.25, 0.3) is 0 Å². The van der Waals surface area contributed by atoms with E-state index in [4.69, 9.17) is 0 Å². The number of fused-ring (bicyclic) bond motifs is 1. The number of hydrogen-bond acceptors (Lipinski definition) is 8. The van der Waals surface area contributed by atoms with Gasteiger partial charge in [0.05, 0.1) is 16.9 Å². The van der Waals surface area contributed by atoms with Crippen LogP contribution in [0.1, 0.15) is 0 Å². The van der Waals surface area contributed by atoms with E-state index in [1.165, 1.54) is 4.70 Å². The third-order valence-corrected chi connectivity index (χ3v) is 5.17. The van der Waals surface area contributed by atoms with E-state index in [-0.39, 0.29) is 0 Å². The fraction of sp³-hybridized carbons (Fsp3) is 0.467. The van der Waals surface area contributed by atoms with Gasteiger partial charge in [-0.05, 0) is 19.2 Å². The Morgan fingerprint density at radius 1 is 1.13 bits per heavy atom. The molecule has 2 N–H and O–H groups in total. The van der Waals surface area contributed by atoms with Gasteiger partial charge in [0, 0.05) is 26.2 Å². The standard InChI is InChI=1S/C15H21N7S/c1-20-6-8-21(9-7-20)22-10-16-14(17-11-22)19-15-18-12-4-2-3-5-13(12)23-15/h2-5H,6-11H2,1H3,(H2,16,17,18,19). The van der Waals surface area contributed by atoms with Gasteiger partial charge in [-0.15, -0.1) is 0 Å². The lowest BCUT2D eigenvalue weighted by molar-refractivity contribution is -0.0567. The van der Waals surface area contributed by atoms with Crippen LogP contribution in [0.4, 0.5) is 5.13 Å². The molecule has 2 aromatic rings. The number of para-hydroxylation sites is 1. The number of nitrogens with zero attached hydrogens (tertiary/aromatic N) is 5. The Labute approximate surface area is 139 Å². The molecule has 1 saturated heterocycles. The highest BCUT2D eigenvalue weighted by Crippen LogP contribution is 2.25. The van der Waals surface area contributed by atoms with Crippen molar-refractivity contribution in [1.29, 1.82) is 0 Å². The van der Waals surface area contributed by atoms with Crippen LogP contribution in [0, 0.1) is 0 Å². The van der Waals surface area contributed by atoms with Gasteiger partial charge >= 0.3 is 0 Å². The molecule has 3 heterocycles. The molecule has 2 aliphatic rings. The van der Waals surface area contributed by atoms with E-state index in [1.807, 2.05) is 18.2 Å². The molecule has 122 valence electrons. The van der Waals surface area contributed by atoms with Gasteiger partial charge in [0.2, 0.25) is 0 Å². The van der Waals surface area contributed by atoms with E-state index >= 15 is 0 Å². The zero-order valence-electron chi connectivity index (χ0n) is 13.2. The Kier molecular flexibility index (Phi) is 4.13. The highest BCUT2D eigenvalue weighted by Gasteiger charge is 2.22. The number of aliphatic imine (C=N–C) groups is 1. The van der Waals surface area contributed by atoms with Crippen LogP contribution in [-0.4, -0.2) is 72.4 Å². The van der Waals surface area contributed by atoms with Gasteiger partial charge < -0.3 is 15.5 Å². The van der Waals surface area contributed by atoms with E-state index in [9.17, 15) is 0 Å². The van der Waals surface area contributed by atoms with Gasteiger partial charge in [0.1, 0.15) is 6.67 Å². The molecule has 0 saturated carbocycles. The monoisotopic (exact) mass is 331 g/mol. The highest BCUT2D eigenvalue weighted by atomic mass is 32.1. The maximum Gasteiger partial charge on any atom is 0.200 e. The number of anilines is 1. The smallest absolute Gasteiger partial charge is 0.200 e. The number of hydrazine groups is 1. The molecule has 0 atom stereocenters. The Morgan fingerprint density at radius 2 is 1.96 bits per heavy atom. The van der Waals surface area contributed by atoms with Crippen LogP contribution in [0.15, 0.2) is 29.3 Å². The first-order chi connectivity index (χ1) is 11.3. The summed E-state index contributed by atoms with van der Waals surface area (Å²) >= 11 is 1.65. The second-order valence-corrected chi connectivity index (χ2v) is 6.89. The van der Waals surface area contributed by atoms with E-state index in [1.54, 1.807) is 11.3 Å². The molecule has 7 nitrogen and oxygen atoms in total. The lowest BCUT2D eigenvalue weighted by Crippen LogP contribution is -2.58. The number of likely N-dealkylation sites (N-methyl/N-ethyl adjacent to an activating group) is 1. The van der Waals surface area contributed by atoms with Gasteiger partial charge in [-0.25, -0.2) is 20.0 Å². The Hall–Kier alpha value is -1.74. The van der Waals surface area contributed by atoms with Crippen molar-refractivity contribution in [3.8, 4) is 0 Å². The Morgan fingerprint density at radius 3 is 2.70 bits per heavy atom. The van der Waals surface area contributed by atoms with Gasteiger partial charge in [-0.1, -0.05) is 23.5 Å². The van der Waals surface area contributed by atoms with Gasteiger partial charge in [-0.3, -0.25) is 0 Å². The van der Waals surface area contributed by atoms with Crippen LogP contribution in [0.25, 0.3) is 10.2 Å². The number of benzene rings is 1. The predicted octanol–water partition coefficient (Wildman–Crippen LogP) is 1.05. The second-order valence-electron chi connectivity index (χ2n) is 5.86. The molecule has 0 unspecified atom stereocenters. The number of rotatable bonds is 2. The first kappa shape index (κ1) is 14.8. The fourth-order valence-electron chi connectivity index (χ4n) is 2.80. The zero-order chi connectivity index (χ0) is 15.6. The number of guanidine groups is 1. The van der Waals surface area contributed by atoms with Crippen molar-refractivity contribution in [1.82, 2.24) is 25.2 Å². The molecule has 23 heavy (non-hydrogen) atoms. The first-order valence-electron chi connectivity index (χ1n) is 7.87. The lowest BCUT2D eigenvalue weighted by Gasteiger charge is -2.40. The molecule has 0 radical (unpaired) electrons. The average molecular weight is 331 g/mol. The topological polar surface area (TPSA) is 59.0 Å². The molecule has 0 amide bonds. The van der Waals surface area contributed by atoms with Crippen molar-refractivity contribution in [2.45, 2.75) is 0 Å². The minimum atomic E-state index is 0.684. The maximum atomic E-state index is 4.60. The van der Waals surface area contributed by atoms with Crippen LogP contribution in [0.2, 0.25) is 0 Å². The molecule has 1 aromatic heterocycles. The second kappa shape index (κ2) is 6.40. The third kappa shape index (κ3) is 3.30. The third-order valence-electron chi connectivity index (χ3n) is 4.22. The van der Waals surface area contributed by atoms with Crippen molar-refractivity contribution in [3.63, 3.8) is 0 Å². The van der Waals surface area contributed by atoms with Gasteiger partial charge in [-0.2, -0.15) is 0 Å². The molecule has 1 fully saturated rings. The summed E-state index contributed by atoms with van der Waals surface area (Å²) in [6.45, 7) is 5.81. The van der Waals surface area contributed by atoms with Crippen LogP contribution in [-0.2, 0) is 0 Å². The minimum Gasteiger partial charge on any atom is -0.342 e. The van der Waals surface area contributed by atoms with Crippen LogP contribution >= 0.6 is 11.3 Å². The number of piperazine rings is 1. The summed E-state index contributed by atoms with van der Waals surface area (Å²) in [7, 11) is 2.17. The largest absolute Gasteiger partial charge is 0.342 e. The van der Waals surface area contributed by atoms with Crippen molar-refractivity contribution in [3.05, 3.63) is 24.3 Å². The zero-order valence-corrected chi connectivity index (χ0v) is 14.0. The molecule has 4 rings (SSSR count). The summed E-state index contributed by atoms with van der Waals surface area (Å²) in [4.78, 5) is 11.5. The Bertz CT molecular complexity index is 672. The normalized spacial score (nSPS) is 21.2. The number of aromatic nitrogens is 1. The highest BCUT2D eigenvalue weighted by molar-refractivity contribution is 7.22. The summed E-state index contributed by atoms with van der Waals surface area (Å²) in [5, 5.41) is 12.2. The number of hydrogen-bond donors (Lipinski definition) is 2. The molecule has 0 bridgehead atoms. The van der Waals surface area contributed by atoms with Crippen molar-refractivity contribution >= 4 is 32.6 Å². The van der Waals surface area contributed by atoms with Crippen LogP contribution in [0.3, 0.4) is 0 Å². The fourth-order valence-corrected chi connectivity index (χ4v) is 3.67. The van der Waals surface area contributed by atoms with E-state index in [0.717, 1.165) is 49.5 Å². The molecular formula is C15H21N7S. The van der Waals surface area contributed by atoms with E-state index < -0.39 is 0 Å². The summed E-state index contributed by atoms with van der Waals surface area (Å²) in [5.41, 5.74) is 1.02. The van der Waals surface area contributed by atoms with Crippen molar-refractivity contribution < 1.29 is 0 Å². The van der Waals surface area contributed by atoms with Crippen molar-refractivity contribution in [2.75, 3.05) is 51.9 Å². The SMILES string of the molecule is CN1CCN(N2CN=C(Nc3nc4ccccc4s3)NC2)CC1. The van der Waals surface area contributed by atoms with Gasteiger partial charge in [0.15, 0.2) is 11.1 Å². The first-order valence-corrected chi connectivity index (χ1v) is 8.69. The minimum absolute atomic E-state index is 0.684. The van der Waals surface area contributed by atoms with Crippen LogP contribution < -0.4 is 10.6 Å². The summed E-state index contributed by atoms with van der Waals surface area (Å²) in [6, 6.07) is 8.16. The molecule has 0 aliphatic carbocycles. The molecule has 8 heteroatoms. The molecule has 1 aromatic carbocycles. The van der Waals surface area contributed by atoms with E-state index in [0.29, 0.717) is 6.67 Å². The summed E-state index contributed by atoms with van der Waals surface area (Å²) in [6.07, 6.45) is 0. The summed E-state index contributed by atoms with van der Waals surface area (Å²) < 4.78 is 1.19. The number of thiazole rings is 1. The maximum absolute atomic E-state index is 4.60. The van der Waals surface area contributed by atoms with Crippen LogP contribution in [0.5, 0.6) is 0 Å². The molecular weight excluding hydrogens is 310 g/mol.